The van der Waals surface area contributed by atoms with Crippen molar-refractivity contribution in [3.63, 3.8) is 0 Å². The first-order valence-electron chi connectivity index (χ1n) is 22.4. The minimum Gasteiger partial charge on any atom is -0.423 e. The quantitative estimate of drug-likeness (QED) is 0.0356. The van der Waals surface area contributed by atoms with Crippen LogP contribution in [0.15, 0.2) is 219 Å². The standard InChI is InChI=1S/C62H48N2O4/c1-5-61(65)67-53-37-33-51(34-38-53)63(47-25-15-43(3)16-26-47)49-29-19-45(20-30-49)23-41-59-55-11-7-9-13-57(55)60(58-14-10-8-12-56(58)59)42-24-46-21-31-50(32-22-46)64(48-27-17-44(4)18-28-48)52-35-39-54(40-36-52)68-62(66)6-2/h5-42H,1-2H2,3-4H3/b41-23-,42-24?. The highest BCUT2D eigenvalue weighted by molar-refractivity contribution is 6.14. The summed E-state index contributed by atoms with van der Waals surface area (Å²) in [5.41, 5.74) is 12.7. The van der Waals surface area contributed by atoms with E-state index in [4.69, 9.17) is 9.47 Å². The van der Waals surface area contributed by atoms with Gasteiger partial charge in [-0.05, 0) is 155 Å². The molecule has 0 aliphatic carbocycles. The molecule has 0 saturated heterocycles. The first-order chi connectivity index (χ1) is 33.2. The summed E-state index contributed by atoms with van der Waals surface area (Å²) in [7, 11) is 0. The number of nitrogens with zero attached hydrogens (tertiary/aromatic N) is 2. The Kier molecular flexibility index (Phi) is 13.0. The third-order valence-electron chi connectivity index (χ3n) is 11.7. The fourth-order valence-electron chi connectivity index (χ4n) is 8.31. The van der Waals surface area contributed by atoms with E-state index in [0.717, 1.165) is 68.5 Å². The van der Waals surface area contributed by atoms with Crippen LogP contribution in [0.25, 0.3) is 45.8 Å². The monoisotopic (exact) mass is 884 g/mol. The van der Waals surface area contributed by atoms with Gasteiger partial charge in [-0.15, -0.1) is 0 Å². The molecule has 9 rings (SSSR count). The van der Waals surface area contributed by atoms with Gasteiger partial charge in [0.25, 0.3) is 0 Å². The fraction of sp³-hybridized carbons (Fsp3) is 0.0323. The number of anilines is 6. The van der Waals surface area contributed by atoms with Crippen molar-refractivity contribution < 1.29 is 19.1 Å². The molecule has 0 aromatic heterocycles. The molecule has 0 unspecified atom stereocenters. The minimum atomic E-state index is -0.496. The largest absolute Gasteiger partial charge is 0.423 e. The van der Waals surface area contributed by atoms with Gasteiger partial charge in [0.05, 0.1) is 0 Å². The molecule has 0 aliphatic heterocycles. The molecule has 9 aromatic rings. The van der Waals surface area contributed by atoms with E-state index in [1.54, 1.807) is 24.3 Å². The number of fused-ring (bicyclic) bond motifs is 2. The van der Waals surface area contributed by atoms with Crippen LogP contribution in [0.5, 0.6) is 11.5 Å². The minimum absolute atomic E-state index is 0.455. The number of aryl methyl sites for hydroxylation is 2. The lowest BCUT2D eigenvalue weighted by atomic mass is 9.91. The summed E-state index contributed by atoms with van der Waals surface area (Å²) in [6, 6.07) is 66.1. The number of carbonyl (C=O) groups is 2. The second kappa shape index (κ2) is 20.0. The maximum Gasteiger partial charge on any atom is 0.335 e. The molecule has 9 aromatic carbocycles. The van der Waals surface area contributed by atoms with Gasteiger partial charge in [0.15, 0.2) is 0 Å². The highest BCUT2D eigenvalue weighted by Gasteiger charge is 2.16. The van der Waals surface area contributed by atoms with E-state index in [9.17, 15) is 9.59 Å². The zero-order valence-electron chi connectivity index (χ0n) is 37.9. The normalized spacial score (nSPS) is 11.2. The maximum atomic E-state index is 11.8. The van der Waals surface area contributed by atoms with Crippen molar-refractivity contribution in [1.82, 2.24) is 0 Å². The summed E-state index contributed by atoms with van der Waals surface area (Å²) < 4.78 is 10.7. The summed E-state index contributed by atoms with van der Waals surface area (Å²) in [4.78, 5) is 28.0. The third-order valence-corrected chi connectivity index (χ3v) is 11.7. The van der Waals surface area contributed by atoms with Crippen molar-refractivity contribution in [3.05, 3.63) is 253 Å². The number of esters is 2. The van der Waals surface area contributed by atoms with E-state index < -0.39 is 11.9 Å². The molecule has 68 heavy (non-hydrogen) atoms. The summed E-state index contributed by atoms with van der Waals surface area (Å²) in [6.07, 6.45) is 11.1. The molecule has 0 fully saturated rings. The molecule has 0 amide bonds. The summed E-state index contributed by atoms with van der Waals surface area (Å²) in [5, 5.41) is 4.67. The van der Waals surface area contributed by atoms with E-state index in [1.165, 1.54) is 32.7 Å². The highest BCUT2D eigenvalue weighted by Crippen LogP contribution is 2.39. The van der Waals surface area contributed by atoms with Gasteiger partial charge in [0.1, 0.15) is 11.5 Å². The first kappa shape index (κ1) is 44.2. The molecule has 6 heteroatoms. The molecule has 0 bridgehead atoms. The molecular formula is C62H48N2O4. The molecule has 0 spiro atoms. The molecule has 0 heterocycles. The molecule has 0 N–H and O–H groups in total. The first-order valence-corrected chi connectivity index (χ1v) is 22.4. The van der Waals surface area contributed by atoms with Crippen LogP contribution in [0.3, 0.4) is 0 Å². The topological polar surface area (TPSA) is 59.1 Å². The van der Waals surface area contributed by atoms with Crippen LogP contribution < -0.4 is 19.3 Å². The second-order valence-corrected chi connectivity index (χ2v) is 16.3. The smallest absolute Gasteiger partial charge is 0.335 e. The van der Waals surface area contributed by atoms with Crippen LogP contribution in [-0.4, -0.2) is 11.9 Å². The van der Waals surface area contributed by atoms with Crippen molar-refractivity contribution in [3.8, 4) is 11.5 Å². The Morgan fingerprint density at radius 1 is 0.368 bits per heavy atom. The average molecular weight is 885 g/mol. The summed E-state index contributed by atoms with van der Waals surface area (Å²) in [5.74, 6) is -0.0824. The van der Waals surface area contributed by atoms with Gasteiger partial charge in [-0.2, -0.15) is 0 Å². The van der Waals surface area contributed by atoms with Crippen molar-refractivity contribution in [2.45, 2.75) is 13.8 Å². The average Bonchev–Trinajstić information content (AvgIpc) is 3.38. The highest BCUT2D eigenvalue weighted by atomic mass is 16.5. The summed E-state index contributed by atoms with van der Waals surface area (Å²) in [6.45, 7) is 11.2. The van der Waals surface area contributed by atoms with Gasteiger partial charge in [-0.1, -0.05) is 146 Å². The van der Waals surface area contributed by atoms with Gasteiger partial charge in [-0.25, -0.2) is 9.59 Å². The Balaban J connectivity index is 1.00. The zero-order chi connectivity index (χ0) is 47.0. The van der Waals surface area contributed by atoms with Crippen LogP contribution in [0, 0.1) is 13.8 Å². The Bertz CT molecular complexity index is 3050. The van der Waals surface area contributed by atoms with Gasteiger partial charge in [0.2, 0.25) is 0 Å². The van der Waals surface area contributed by atoms with Crippen LogP contribution in [0.1, 0.15) is 33.4 Å². The number of hydrogen-bond donors (Lipinski definition) is 0. The molecule has 0 radical (unpaired) electrons. The van der Waals surface area contributed by atoms with E-state index >= 15 is 0 Å². The number of carbonyl (C=O) groups excluding carboxylic acids is 2. The Hall–Kier alpha value is -9.00. The Morgan fingerprint density at radius 3 is 0.912 bits per heavy atom. The van der Waals surface area contributed by atoms with Gasteiger partial charge >= 0.3 is 11.9 Å². The lowest BCUT2D eigenvalue weighted by molar-refractivity contribution is -0.129. The number of rotatable bonds is 14. The number of hydrogen-bond acceptors (Lipinski definition) is 6. The van der Waals surface area contributed by atoms with Crippen LogP contribution in [-0.2, 0) is 9.59 Å². The predicted octanol–water partition coefficient (Wildman–Crippen LogP) is 16.1. The summed E-state index contributed by atoms with van der Waals surface area (Å²) >= 11 is 0. The van der Waals surface area contributed by atoms with Crippen LogP contribution in [0.2, 0.25) is 0 Å². The Morgan fingerprint density at radius 2 is 0.632 bits per heavy atom. The van der Waals surface area contributed by atoms with E-state index in [0.29, 0.717) is 11.5 Å². The molecule has 0 saturated carbocycles. The lowest BCUT2D eigenvalue weighted by Gasteiger charge is -2.26. The zero-order valence-corrected chi connectivity index (χ0v) is 37.9. The molecule has 6 nitrogen and oxygen atoms in total. The van der Waals surface area contributed by atoms with Crippen molar-refractivity contribution in [2.75, 3.05) is 9.80 Å². The van der Waals surface area contributed by atoms with Crippen molar-refractivity contribution in [1.29, 1.82) is 0 Å². The third kappa shape index (κ3) is 9.81. The number of ether oxygens (including phenoxy) is 2. The lowest BCUT2D eigenvalue weighted by Crippen LogP contribution is -2.10. The Labute approximate surface area is 397 Å². The molecule has 0 aliphatic rings. The van der Waals surface area contributed by atoms with Gasteiger partial charge in [0, 0.05) is 46.3 Å². The molecule has 330 valence electrons. The molecule has 0 atom stereocenters. The van der Waals surface area contributed by atoms with E-state index in [2.05, 4.69) is 207 Å². The van der Waals surface area contributed by atoms with Gasteiger partial charge < -0.3 is 19.3 Å². The van der Waals surface area contributed by atoms with Crippen LogP contribution >= 0.6 is 0 Å². The predicted molar refractivity (Wildman–Crippen MR) is 283 cm³/mol. The SMILES string of the molecule is C=CC(=O)Oc1ccc(N(c2ccc(C)cc2)c2ccc(C=Cc3c4ccccc4c(/C=C\c4ccc(N(c5ccc(C)cc5)c5ccc(OC(=O)C=C)cc5)cc4)c4ccccc34)cc2)cc1. The second-order valence-electron chi connectivity index (χ2n) is 16.3. The van der Waals surface area contributed by atoms with E-state index in [1.807, 2.05) is 24.3 Å². The number of benzene rings is 9. The van der Waals surface area contributed by atoms with Crippen molar-refractivity contribution >= 4 is 91.9 Å². The maximum absolute atomic E-state index is 11.8. The van der Waals surface area contributed by atoms with Gasteiger partial charge in [-0.3, -0.25) is 0 Å². The fourth-order valence-corrected chi connectivity index (χ4v) is 8.31. The molecular weight excluding hydrogens is 837 g/mol. The van der Waals surface area contributed by atoms with E-state index in [-0.39, 0.29) is 0 Å². The van der Waals surface area contributed by atoms with Crippen LogP contribution in [0.4, 0.5) is 34.1 Å². The van der Waals surface area contributed by atoms with Crippen molar-refractivity contribution in [2.24, 2.45) is 0 Å².